The number of carbonyl (C=O) groups is 2. The van der Waals surface area contributed by atoms with Crippen LogP contribution < -0.4 is 5.32 Å². The van der Waals surface area contributed by atoms with Gasteiger partial charge >= 0.3 is 5.97 Å². The van der Waals surface area contributed by atoms with Crippen LogP contribution >= 0.6 is 0 Å². The molecule has 24 heavy (non-hydrogen) atoms. The number of likely N-dealkylation sites (N-methyl/N-ethyl adjacent to an activating group) is 1. The normalized spacial score (nSPS) is 15.8. The molecule has 2 rings (SSSR count). The van der Waals surface area contributed by atoms with Crippen LogP contribution in [0.15, 0.2) is 29.2 Å². The zero-order valence-electron chi connectivity index (χ0n) is 14.0. The van der Waals surface area contributed by atoms with Gasteiger partial charge in [0.2, 0.25) is 10.0 Å². The van der Waals surface area contributed by atoms with Crippen LogP contribution in [-0.4, -0.2) is 50.3 Å². The topological polar surface area (TPSA) is 92.8 Å². The van der Waals surface area contributed by atoms with Gasteiger partial charge in [0, 0.05) is 13.1 Å². The lowest BCUT2D eigenvalue weighted by molar-refractivity contribution is -0.154. The number of nitrogens with zero attached hydrogens (tertiary/aromatic N) is 1. The highest BCUT2D eigenvalue weighted by molar-refractivity contribution is 7.89. The molecule has 0 spiro atoms. The van der Waals surface area contributed by atoms with Crippen LogP contribution in [0, 0.1) is 6.92 Å². The number of amides is 1. The minimum Gasteiger partial charge on any atom is -0.452 e. The molecule has 7 nitrogen and oxygen atoms in total. The summed E-state index contributed by atoms with van der Waals surface area (Å²) in [6, 6.07) is 6.51. The molecule has 1 amide bonds. The van der Waals surface area contributed by atoms with Crippen LogP contribution in [0.2, 0.25) is 0 Å². The average molecular weight is 354 g/mol. The van der Waals surface area contributed by atoms with E-state index in [-0.39, 0.29) is 16.8 Å². The molecular formula is C16H22N2O5S. The Morgan fingerprint density at radius 2 is 1.88 bits per heavy atom. The fraction of sp³-hybridized carbons (Fsp3) is 0.500. The average Bonchev–Trinajstić information content (AvgIpc) is 3.31. The Balaban J connectivity index is 1.92. The van der Waals surface area contributed by atoms with Crippen molar-refractivity contribution in [3.8, 4) is 0 Å². The van der Waals surface area contributed by atoms with Crippen molar-refractivity contribution in [1.29, 1.82) is 0 Å². The third-order valence-corrected chi connectivity index (χ3v) is 5.50. The Labute approximate surface area is 142 Å². The lowest BCUT2D eigenvalue weighted by Crippen LogP contribution is -2.40. The zero-order valence-corrected chi connectivity index (χ0v) is 14.8. The van der Waals surface area contributed by atoms with Crippen LogP contribution in [0.4, 0.5) is 0 Å². The fourth-order valence-corrected chi connectivity index (χ4v) is 3.11. The molecule has 1 N–H and O–H groups in total. The Morgan fingerprint density at radius 3 is 2.42 bits per heavy atom. The van der Waals surface area contributed by atoms with E-state index in [9.17, 15) is 18.0 Å². The van der Waals surface area contributed by atoms with E-state index in [2.05, 4.69) is 5.32 Å². The maximum absolute atomic E-state index is 12.4. The molecule has 1 aromatic carbocycles. The van der Waals surface area contributed by atoms with Gasteiger partial charge in [-0.1, -0.05) is 17.7 Å². The van der Waals surface area contributed by atoms with Crippen molar-refractivity contribution in [1.82, 2.24) is 9.62 Å². The molecule has 0 saturated heterocycles. The first-order chi connectivity index (χ1) is 11.2. The smallest absolute Gasteiger partial charge is 0.322 e. The summed E-state index contributed by atoms with van der Waals surface area (Å²) >= 11 is 0. The van der Waals surface area contributed by atoms with E-state index in [1.54, 1.807) is 12.1 Å². The zero-order chi connectivity index (χ0) is 17.9. The van der Waals surface area contributed by atoms with Gasteiger partial charge in [0.05, 0.1) is 4.90 Å². The van der Waals surface area contributed by atoms with Crippen LogP contribution in [0.5, 0.6) is 0 Å². The van der Waals surface area contributed by atoms with Gasteiger partial charge in [0.1, 0.15) is 6.54 Å². The number of benzene rings is 1. The fourth-order valence-electron chi connectivity index (χ4n) is 1.99. The van der Waals surface area contributed by atoms with E-state index < -0.39 is 28.6 Å². The van der Waals surface area contributed by atoms with Crippen LogP contribution in [-0.2, 0) is 24.3 Å². The number of carbonyl (C=O) groups excluding carboxylic acids is 2. The van der Waals surface area contributed by atoms with Crippen molar-refractivity contribution < 1.29 is 22.7 Å². The molecule has 0 bridgehead atoms. The number of nitrogens with one attached hydrogen (secondary N) is 1. The van der Waals surface area contributed by atoms with Gasteiger partial charge < -0.3 is 10.1 Å². The highest BCUT2D eigenvalue weighted by Gasteiger charge is 2.28. The predicted octanol–water partition coefficient (Wildman–Crippen LogP) is 0.826. The van der Waals surface area contributed by atoms with E-state index in [1.165, 1.54) is 26.1 Å². The van der Waals surface area contributed by atoms with Gasteiger partial charge in [0.15, 0.2) is 6.10 Å². The van der Waals surface area contributed by atoms with Gasteiger partial charge in [-0.05, 0) is 38.8 Å². The molecule has 132 valence electrons. The van der Waals surface area contributed by atoms with Gasteiger partial charge in [0.25, 0.3) is 5.91 Å². The van der Waals surface area contributed by atoms with Crippen molar-refractivity contribution in [2.45, 2.75) is 43.7 Å². The molecular weight excluding hydrogens is 332 g/mol. The number of ether oxygens (including phenoxy) is 1. The van der Waals surface area contributed by atoms with Crippen molar-refractivity contribution in [2.75, 3.05) is 13.6 Å². The Kier molecular flexibility index (Phi) is 5.61. The first-order valence-electron chi connectivity index (χ1n) is 7.73. The summed E-state index contributed by atoms with van der Waals surface area (Å²) < 4.78 is 30.7. The highest BCUT2D eigenvalue weighted by Crippen LogP contribution is 2.19. The molecule has 1 aliphatic carbocycles. The Bertz CT molecular complexity index is 710. The van der Waals surface area contributed by atoms with E-state index >= 15 is 0 Å². The molecule has 1 aromatic rings. The maximum Gasteiger partial charge on any atom is 0.322 e. The Hall–Kier alpha value is -1.93. The SMILES string of the molecule is Cc1ccc(S(=O)(=O)N(C)CC(=O)O[C@@H](C)C(=O)NC2CC2)cc1. The molecule has 0 heterocycles. The molecule has 1 aliphatic rings. The van der Waals surface area contributed by atoms with E-state index in [1.807, 2.05) is 6.92 Å². The van der Waals surface area contributed by atoms with E-state index in [0.29, 0.717) is 0 Å². The first-order valence-corrected chi connectivity index (χ1v) is 9.17. The first kappa shape index (κ1) is 18.4. The van der Waals surface area contributed by atoms with Crippen LogP contribution in [0.25, 0.3) is 0 Å². The Morgan fingerprint density at radius 1 is 1.29 bits per heavy atom. The summed E-state index contributed by atoms with van der Waals surface area (Å²) in [6.07, 6.45) is 0.919. The molecule has 1 saturated carbocycles. The van der Waals surface area contributed by atoms with Crippen molar-refractivity contribution in [2.24, 2.45) is 0 Å². The lowest BCUT2D eigenvalue weighted by atomic mass is 10.2. The maximum atomic E-state index is 12.4. The van der Waals surface area contributed by atoms with Crippen LogP contribution in [0.3, 0.4) is 0 Å². The highest BCUT2D eigenvalue weighted by atomic mass is 32.2. The molecule has 0 aromatic heterocycles. The molecule has 0 radical (unpaired) electrons. The second-order valence-electron chi connectivity index (χ2n) is 5.99. The van der Waals surface area contributed by atoms with Gasteiger partial charge in [-0.25, -0.2) is 8.42 Å². The van der Waals surface area contributed by atoms with Crippen molar-refractivity contribution in [3.63, 3.8) is 0 Å². The van der Waals surface area contributed by atoms with E-state index in [0.717, 1.165) is 22.7 Å². The monoisotopic (exact) mass is 354 g/mol. The summed E-state index contributed by atoms with van der Waals surface area (Å²) in [5.41, 5.74) is 0.937. The third kappa shape index (κ3) is 4.78. The third-order valence-electron chi connectivity index (χ3n) is 3.68. The minimum atomic E-state index is -3.78. The molecule has 0 unspecified atom stereocenters. The molecule has 8 heteroatoms. The second kappa shape index (κ2) is 7.31. The number of esters is 1. The summed E-state index contributed by atoms with van der Waals surface area (Å²) in [7, 11) is -2.49. The molecule has 0 aliphatic heterocycles. The number of aryl methyl sites for hydroxylation is 1. The molecule has 1 atom stereocenters. The summed E-state index contributed by atoms with van der Waals surface area (Å²) in [5, 5.41) is 2.73. The number of sulfonamides is 1. The largest absolute Gasteiger partial charge is 0.452 e. The predicted molar refractivity (Wildman–Crippen MR) is 87.7 cm³/mol. The van der Waals surface area contributed by atoms with Gasteiger partial charge in [-0.2, -0.15) is 4.31 Å². The number of hydrogen-bond donors (Lipinski definition) is 1. The summed E-state index contributed by atoms with van der Waals surface area (Å²) in [6.45, 7) is 2.85. The summed E-state index contributed by atoms with van der Waals surface area (Å²) in [4.78, 5) is 23.7. The van der Waals surface area contributed by atoms with Gasteiger partial charge in [-0.3, -0.25) is 9.59 Å². The standard InChI is InChI=1S/C16H22N2O5S/c1-11-4-8-14(9-5-11)24(21,22)18(3)10-15(19)23-12(2)16(20)17-13-6-7-13/h4-5,8-9,12-13H,6-7,10H2,1-3H3,(H,17,20)/t12-/m0/s1. The lowest BCUT2D eigenvalue weighted by Gasteiger charge is -2.18. The summed E-state index contributed by atoms with van der Waals surface area (Å²) in [5.74, 6) is -1.14. The number of hydrogen-bond acceptors (Lipinski definition) is 5. The van der Waals surface area contributed by atoms with Crippen molar-refractivity contribution >= 4 is 21.9 Å². The van der Waals surface area contributed by atoms with Gasteiger partial charge in [-0.15, -0.1) is 0 Å². The van der Waals surface area contributed by atoms with E-state index in [4.69, 9.17) is 4.74 Å². The second-order valence-corrected chi connectivity index (χ2v) is 8.03. The molecule has 1 fully saturated rings. The minimum absolute atomic E-state index is 0.0999. The van der Waals surface area contributed by atoms with Crippen LogP contribution in [0.1, 0.15) is 25.3 Å². The quantitative estimate of drug-likeness (QED) is 0.732. The van der Waals surface area contributed by atoms with Crippen molar-refractivity contribution in [3.05, 3.63) is 29.8 Å². The number of rotatable bonds is 7.